The molecule has 0 saturated carbocycles. The number of rotatable bonds is 4. The van der Waals surface area contributed by atoms with Gasteiger partial charge in [0.15, 0.2) is 0 Å². The van der Waals surface area contributed by atoms with Gasteiger partial charge in [0.1, 0.15) is 5.82 Å². The van der Waals surface area contributed by atoms with E-state index < -0.39 is 0 Å². The SMILES string of the molecule is CCOC(=O)C1CCCN(Cc2ccc(F)cc2)C1.Cl. The van der Waals surface area contributed by atoms with Crippen molar-refractivity contribution in [1.82, 2.24) is 4.90 Å². The van der Waals surface area contributed by atoms with Crippen molar-refractivity contribution < 1.29 is 13.9 Å². The zero-order chi connectivity index (χ0) is 13.7. The van der Waals surface area contributed by atoms with Gasteiger partial charge >= 0.3 is 5.97 Å². The lowest BCUT2D eigenvalue weighted by Gasteiger charge is -2.31. The molecule has 1 aromatic carbocycles. The van der Waals surface area contributed by atoms with Crippen LogP contribution in [0.25, 0.3) is 0 Å². The molecule has 1 aromatic rings. The summed E-state index contributed by atoms with van der Waals surface area (Å²) in [6.07, 6.45) is 1.91. The first kappa shape index (κ1) is 16.9. The number of carbonyl (C=O) groups is 1. The number of benzene rings is 1. The molecule has 1 saturated heterocycles. The maximum atomic E-state index is 12.8. The van der Waals surface area contributed by atoms with E-state index in [1.165, 1.54) is 12.1 Å². The number of hydrogen-bond acceptors (Lipinski definition) is 3. The molecule has 1 aliphatic heterocycles. The zero-order valence-corrected chi connectivity index (χ0v) is 12.5. The van der Waals surface area contributed by atoms with Crippen LogP contribution in [-0.2, 0) is 16.1 Å². The number of esters is 1. The van der Waals surface area contributed by atoms with Crippen LogP contribution in [0.3, 0.4) is 0 Å². The van der Waals surface area contributed by atoms with Crippen molar-refractivity contribution in [2.45, 2.75) is 26.3 Å². The molecule has 2 rings (SSSR count). The van der Waals surface area contributed by atoms with Crippen LogP contribution in [0.1, 0.15) is 25.3 Å². The van der Waals surface area contributed by atoms with Gasteiger partial charge in [-0.2, -0.15) is 0 Å². The van der Waals surface area contributed by atoms with Gasteiger partial charge in [0, 0.05) is 13.1 Å². The third-order valence-electron chi connectivity index (χ3n) is 3.44. The molecular formula is C15H21ClFNO2. The summed E-state index contributed by atoms with van der Waals surface area (Å²) in [6, 6.07) is 6.54. The minimum atomic E-state index is -0.216. The second kappa shape index (κ2) is 8.22. The number of halogens is 2. The molecule has 0 amide bonds. The molecular weight excluding hydrogens is 281 g/mol. The molecule has 20 heavy (non-hydrogen) atoms. The van der Waals surface area contributed by atoms with E-state index in [0.717, 1.165) is 38.0 Å². The molecule has 3 nitrogen and oxygen atoms in total. The smallest absolute Gasteiger partial charge is 0.310 e. The van der Waals surface area contributed by atoms with Crippen LogP contribution in [0.5, 0.6) is 0 Å². The number of piperidine rings is 1. The Hall–Kier alpha value is -1.13. The molecule has 1 aliphatic rings. The monoisotopic (exact) mass is 301 g/mol. The van der Waals surface area contributed by atoms with Gasteiger partial charge in [-0.15, -0.1) is 12.4 Å². The van der Waals surface area contributed by atoms with E-state index in [1.807, 2.05) is 6.92 Å². The second-order valence-corrected chi connectivity index (χ2v) is 4.95. The second-order valence-electron chi connectivity index (χ2n) is 4.95. The van der Waals surface area contributed by atoms with E-state index >= 15 is 0 Å². The maximum Gasteiger partial charge on any atom is 0.310 e. The van der Waals surface area contributed by atoms with Crippen LogP contribution in [-0.4, -0.2) is 30.6 Å². The minimum Gasteiger partial charge on any atom is -0.466 e. The highest BCUT2D eigenvalue weighted by Gasteiger charge is 2.26. The van der Waals surface area contributed by atoms with Crippen LogP contribution in [0, 0.1) is 11.7 Å². The molecule has 0 spiro atoms. The summed E-state index contributed by atoms with van der Waals surface area (Å²) in [5, 5.41) is 0. The van der Waals surface area contributed by atoms with Crippen molar-refractivity contribution in [3.63, 3.8) is 0 Å². The molecule has 5 heteroatoms. The largest absolute Gasteiger partial charge is 0.466 e. The summed E-state index contributed by atoms with van der Waals surface area (Å²) in [5.41, 5.74) is 1.07. The fraction of sp³-hybridized carbons (Fsp3) is 0.533. The van der Waals surface area contributed by atoms with E-state index in [0.29, 0.717) is 6.61 Å². The van der Waals surface area contributed by atoms with Gasteiger partial charge in [-0.25, -0.2) is 4.39 Å². The van der Waals surface area contributed by atoms with Crippen molar-refractivity contribution in [2.75, 3.05) is 19.7 Å². The maximum absolute atomic E-state index is 12.8. The van der Waals surface area contributed by atoms with Crippen LogP contribution in [0.15, 0.2) is 24.3 Å². The molecule has 0 radical (unpaired) electrons. The van der Waals surface area contributed by atoms with Crippen molar-refractivity contribution >= 4 is 18.4 Å². The Kier molecular flexibility index (Phi) is 6.96. The molecule has 112 valence electrons. The summed E-state index contributed by atoms with van der Waals surface area (Å²) in [7, 11) is 0. The van der Waals surface area contributed by atoms with Gasteiger partial charge in [0.05, 0.1) is 12.5 Å². The van der Waals surface area contributed by atoms with Crippen LogP contribution < -0.4 is 0 Å². The van der Waals surface area contributed by atoms with E-state index in [2.05, 4.69) is 4.90 Å². The number of ether oxygens (including phenoxy) is 1. The van der Waals surface area contributed by atoms with Crippen LogP contribution in [0.4, 0.5) is 4.39 Å². The molecule has 1 atom stereocenters. The summed E-state index contributed by atoms with van der Waals surface area (Å²) in [5.74, 6) is -0.327. The Morgan fingerprint density at radius 1 is 1.40 bits per heavy atom. The number of hydrogen-bond donors (Lipinski definition) is 0. The van der Waals surface area contributed by atoms with Crippen molar-refractivity contribution in [3.05, 3.63) is 35.6 Å². The average Bonchev–Trinajstić information content (AvgIpc) is 2.42. The number of likely N-dealkylation sites (tertiary alicyclic amines) is 1. The van der Waals surface area contributed by atoms with Gasteiger partial charge in [0.2, 0.25) is 0 Å². The Balaban J connectivity index is 0.00000200. The highest BCUT2D eigenvalue weighted by atomic mass is 35.5. The standard InChI is InChI=1S/C15H20FNO2.ClH/c1-2-19-15(18)13-4-3-9-17(11-13)10-12-5-7-14(16)8-6-12;/h5-8,13H,2-4,9-11H2,1H3;1H. The Morgan fingerprint density at radius 3 is 2.75 bits per heavy atom. The van der Waals surface area contributed by atoms with Gasteiger partial charge in [-0.3, -0.25) is 9.69 Å². The van der Waals surface area contributed by atoms with Gasteiger partial charge in [-0.1, -0.05) is 12.1 Å². The third-order valence-corrected chi connectivity index (χ3v) is 3.44. The summed E-state index contributed by atoms with van der Waals surface area (Å²) in [4.78, 5) is 14.0. The number of carbonyl (C=O) groups excluding carboxylic acids is 1. The Morgan fingerprint density at radius 2 is 2.10 bits per heavy atom. The molecule has 0 N–H and O–H groups in total. The highest BCUT2D eigenvalue weighted by molar-refractivity contribution is 5.85. The summed E-state index contributed by atoms with van der Waals surface area (Å²) < 4.78 is 17.9. The highest BCUT2D eigenvalue weighted by Crippen LogP contribution is 2.20. The van der Waals surface area contributed by atoms with E-state index in [1.54, 1.807) is 12.1 Å². The molecule has 1 unspecified atom stereocenters. The van der Waals surface area contributed by atoms with Crippen molar-refractivity contribution in [3.8, 4) is 0 Å². The lowest BCUT2D eigenvalue weighted by molar-refractivity contribution is -0.150. The average molecular weight is 302 g/mol. The lowest BCUT2D eigenvalue weighted by Crippen LogP contribution is -2.38. The third kappa shape index (κ3) is 4.76. The molecule has 0 aromatic heterocycles. The first-order valence-corrected chi connectivity index (χ1v) is 6.82. The van der Waals surface area contributed by atoms with Crippen molar-refractivity contribution in [1.29, 1.82) is 0 Å². The lowest BCUT2D eigenvalue weighted by atomic mass is 9.98. The van der Waals surface area contributed by atoms with E-state index in [-0.39, 0.29) is 30.1 Å². The molecule has 1 heterocycles. The number of nitrogens with zero attached hydrogens (tertiary/aromatic N) is 1. The zero-order valence-electron chi connectivity index (χ0n) is 11.7. The predicted octanol–water partition coefficient (Wildman–Crippen LogP) is 3.02. The molecule has 0 bridgehead atoms. The van der Waals surface area contributed by atoms with E-state index in [9.17, 15) is 9.18 Å². The normalized spacial score (nSPS) is 19.2. The first-order valence-electron chi connectivity index (χ1n) is 6.82. The van der Waals surface area contributed by atoms with Crippen LogP contribution >= 0.6 is 12.4 Å². The minimum absolute atomic E-state index is 0. The first-order chi connectivity index (χ1) is 9.19. The quantitative estimate of drug-likeness (QED) is 0.801. The van der Waals surface area contributed by atoms with Gasteiger partial charge in [0.25, 0.3) is 0 Å². The Bertz CT molecular complexity index is 424. The molecule has 0 aliphatic carbocycles. The van der Waals surface area contributed by atoms with Crippen molar-refractivity contribution in [2.24, 2.45) is 5.92 Å². The van der Waals surface area contributed by atoms with E-state index in [4.69, 9.17) is 4.74 Å². The fourth-order valence-electron chi connectivity index (χ4n) is 2.50. The van der Waals surface area contributed by atoms with Crippen LogP contribution in [0.2, 0.25) is 0 Å². The van der Waals surface area contributed by atoms with Gasteiger partial charge < -0.3 is 4.74 Å². The fourth-order valence-corrected chi connectivity index (χ4v) is 2.50. The predicted molar refractivity (Wildman–Crippen MR) is 78.3 cm³/mol. The summed E-state index contributed by atoms with van der Waals surface area (Å²) >= 11 is 0. The van der Waals surface area contributed by atoms with Gasteiger partial charge in [-0.05, 0) is 44.0 Å². The Labute approximate surface area is 125 Å². The topological polar surface area (TPSA) is 29.5 Å². The summed E-state index contributed by atoms with van der Waals surface area (Å²) in [6.45, 7) is 4.74. The molecule has 1 fully saturated rings.